The summed E-state index contributed by atoms with van der Waals surface area (Å²) in [6.07, 6.45) is 1.82. The molecule has 0 radical (unpaired) electrons. The van der Waals surface area contributed by atoms with Crippen LogP contribution in [0.2, 0.25) is 0 Å². The van der Waals surface area contributed by atoms with Crippen LogP contribution in [0.25, 0.3) is 0 Å². The fraction of sp³-hybridized carbons (Fsp3) is 0.600. The summed E-state index contributed by atoms with van der Waals surface area (Å²) in [4.78, 5) is 0. The monoisotopic (exact) mass is 274 g/mol. The molecule has 0 N–H and O–H groups in total. The average molecular weight is 275 g/mol. The van der Waals surface area contributed by atoms with Crippen LogP contribution in [0.3, 0.4) is 0 Å². The van der Waals surface area contributed by atoms with Crippen LogP contribution in [0.15, 0.2) is 18.2 Å². The first-order valence-corrected chi connectivity index (χ1v) is 6.71. The van der Waals surface area contributed by atoms with Gasteiger partial charge in [-0.15, -0.1) is 11.6 Å². The molecule has 3 heteroatoms. The van der Waals surface area contributed by atoms with Crippen LogP contribution in [0.5, 0.6) is 0 Å². The van der Waals surface area contributed by atoms with Crippen molar-refractivity contribution in [2.24, 2.45) is 11.3 Å². The Hall–Kier alpha value is -0.630. The molecule has 0 spiro atoms. The maximum absolute atomic E-state index is 13.1. The van der Waals surface area contributed by atoms with Gasteiger partial charge in [0.25, 0.3) is 0 Å². The fourth-order valence-electron chi connectivity index (χ4n) is 2.33. The molecular formula is C15H21ClF2. The van der Waals surface area contributed by atoms with E-state index >= 15 is 0 Å². The fourth-order valence-corrected chi connectivity index (χ4v) is 2.77. The highest BCUT2D eigenvalue weighted by Gasteiger charge is 2.19. The molecule has 102 valence electrons. The Morgan fingerprint density at radius 1 is 1.17 bits per heavy atom. The lowest BCUT2D eigenvalue weighted by molar-refractivity contribution is 0.295. The molecule has 2 atom stereocenters. The van der Waals surface area contributed by atoms with Crippen molar-refractivity contribution in [3.63, 3.8) is 0 Å². The minimum atomic E-state index is -0.832. The minimum absolute atomic E-state index is 0.254. The van der Waals surface area contributed by atoms with E-state index in [4.69, 9.17) is 11.6 Å². The van der Waals surface area contributed by atoms with Crippen molar-refractivity contribution in [3.8, 4) is 0 Å². The molecule has 0 fully saturated rings. The van der Waals surface area contributed by atoms with Crippen LogP contribution >= 0.6 is 11.6 Å². The highest BCUT2D eigenvalue weighted by atomic mass is 35.5. The van der Waals surface area contributed by atoms with E-state index in [0.717, 1.165) is 18.9 Å². The molecule has 0 aliphatic heterocycles. The van der Waals surface area contributed by atoms with Crippen molar-refractivity contribution in [2.45, 2.75) is 45.9 Å². The van der Waals surface area contributed by atoms with Gasteiger partial charge in [-0.1, -0.05) is 33.8 Å². The lowest BCUT2D eigenvalue weighted by Gasteiger charge is -2.24. The molecule has 1 rings (SSSR count). The largest absolute Gasteiger partial charge is 0.204 e. The molecule has 0 amide bonds. The van der Waals surface area contributed by atoms with Gasteiger partial charge in [0.1, 0.15) is 0 Å². The zero-order valence-corrected chi connectivity index (χ0v) is 12.2. The van der Waals surface area contributed by atoms with Gasteiger partial charge in [0.05, 0.1) is 5.38 Å². The Kier molecular flexibility index (Phi) is 5.15. The molecule has 0 bridgehead atoms. The van der Waals surface area contributed by atoms with Gasteiger partial charge in [-0.2, -0.15) is 0 Å². The summed E-state index contributed by atoms with van der Waals surface area (Å²) in [5.74, 6) is -1.22. The third-order valence-corrected chi connectivity index (χ3v) is 3.31. The zero-order chi connectivity index (χ0) is 13.9. The van der Waals surface area contributed by atoms with Gasteiger partial charge in [-0.25, -0.2) is 8.78 Å². The third-order valence-electron chi connectivity index (χ3n) is 2.88. The van der Waals surface area contributed by atoms with Crippen LogP contribution in [0.1, 0.15) is 51.5 Å². The van der Waals surface area contributed by atoms with Crippen molar-refractivity contribution >= 4 is 11.6 Å². The van der Waals surface area contributed by atoms with Crippen LogP contribution in [-0.4, -0.2) is 0 Å². The summed E-state index contributed by atoms with van der Waals surface area (Å²) in [7, 11) is 0. The van der Waals surface area contributed by atoms with E-state index in [1.54, 1.807) is 6.07 Å². The van der Waals surface area contributed by atoms with E-state index < -0.39 is 11.6 Å². The lowest BCUT2D eigenvalue weighted by Crippen LogP contribution is -2.12. The second-order valence-electron chi connectivity index (χ2n) is 6.25. The minimum Gasteiger partial charge on any atom is -0.204 e. The topological polar surface area (TPSA) is 0 Å². The number of halogens is 3. The molecule has 0 nitrogen and oxygen atoms in total. The van der Waals surface area contributed by atoms with Crippen LogP contribution < -0.4 is 0 Å². The van der Waals surface area contributed by atoms with Crippen molar-refractivity contribution in [2.75, 3.05) is 0 Å². The average Bonchev–Trinajstić information content (AvgIpc) is 2.18. The van der Waals surface area contributed by atoms with Crippen molar-refractivity contribution in [3.05, 3.63) is 35.4 Å². The van der Waals surface area contributed by atoms with Crippen molar-refractivity contribution < 1.29 is 8.78 Å². The van der Waals surface area contributed by atoms with Crippen LogP contribution in [-0.2, 0) is 0 Å². The quantitative estimate of drug-likeness (QED) is 0.617. The number of rotatable bonds is 4. The van der Waals surface area contributed by atoms with E-state index in [1.807, 2.05) is 0 Å². The normalized spacial score (nSPS) is 15.5. The zero-order valence-electron chi connectivity index (χ0n) is 11.4. The molecule has 0 saturated carbocycles. The summed E-state index contributed by atoms with van der Waals surface area (Å²) in [5.41, 5.74) is 0.903. The summed E-state index contributed by atoms with van der Waals surface area (Å²) in [6, 6.07) is 3.88. The summed E-state index contributed by atoms with van der Waals surface area (Å²) < 4.78 is 25.9. The predicted molar refractivity (Wildman–Crippen MR) is 72.8 cm³/mol. The van der Waals surface area contributed by atoms with Crippen molar-refractivity contribution in [1.29, 1.82) is 0 Å². The van der Waals surface area contributed by atoms with Gasteiger partial charge in [-0.05, 0) is 41.9 Å². The number of hydrogen-bond donors (Lipinski definition) is 0. The predicted octanol–water partition coefficient (Wildman–Crippen LogP) is 5.71. The maximum atomic E-state index is 13.1. The van der Waals surface area contributed by atoms with Gasteiger partial charge >= 0.3 is 0 Å². The SMILES string of the molecule is CC(CC(Cl)c1ccc(F)c(F)c1)CC(C)(C)C. The Labute approximate surface area is 113 Å². The first-order valence-electron chi connectivity index (χ1n) is 6.28. The first kappa shape index (κ1) is 15.4. The van der Waals surface area contributed by atoms with Gasteiger partial charge < -0.3 is 0 Å². The molecule has 0 heterocycles. The highest BCUT2D eigenvalue weighted by molar-refractivity contribution is 6.20. The molecule has 0 aromatic heterocycles. The van der Waals surface area contributed by atoms with E-state index in [2.05, 4.69) is 27.7 Å². The van der Waals surface area contributed by atoms with Crippen LogP contribution in [0.4, 0.5) is 8.78 Å². The van der Waals surface area contributed by atoms with E-state index in [-0.39, 0.29) is 10.8 Å². The third kappa shape index (κ3) is 4.93. The molecule has 0 saturated heterocycles. The molecule has 2 unspecified atom stereocenters. The molecule has 0 aliphatic carbocycles. The Bertz CT molecular complexity index is 396. The Balaban J connectivity index is 2.64. The van der Waals surface area contributed by atoms with Gasteiger partial charge in [0.2, 0.25) is 0 Å². The second-order valence-corrected chi connectivity index (χ2v) is 6.77. The van der Waals surface area contributed by atoms with E-state index in [1.165, 1.54) is 6.07 Å². The summed E-state index contributed by atoms with van der Waals surface area (Å²) in [6.45, 7) is 8.69. The van der Waals surface area contributed by atoms with Gasteiger partial charge in [-0.3, -0.25) is 0 Å². The molecule has 0 aliphatic rings. The second kappa shape index (κ2) is 6.01. The van der Waals surface area contributed by atoms with E-state index in [9.17, 15) is 8.78 Å². The number of alkyl halides is 1. The van der Waals surface area contributed by atoms with Crippen LogP contribution in [0, 0.1) is 23.0 Å². The molecular weight excluding hydrogens is 254 g/mol. The highest BCUT2D eigenvalue weighted by Crippen LogP contribution is 2.34. The van der Waals surface area contributed by atoms with Gasteiger partial charge in [0, 0.05) is 0 Å². The smallest absolute Gasteiger partial charge is 0.159 e. The van der Waals surface area contributed by atoms with Crippen molar-refractivity contribution in [1.82, 2.24) is 0 Å². The number of hydrogen-bond acceptors (Lipinski definition) is 0. The van der Waals surface area contributed by atoms with Gasteiger partial charge in [0.15, 0.2) is 11.6 Å². The van der Waals surface area contributed by atoms with E-state index in [0.29, 0.717) is 11.5 Å². The Morgan fingerprint density at radius 2 is 1.78 bits per heavy atom. The molecule has 18 heavy (non-hydrogen) atoms. The molecule has 1 aromatic rings. The lowest BCUT2D eigenvalue weighted by atomic mass is 9.83. The maximum Gasteiger partial charge on any atom is 0.159 e. The summed E-state index contributed by atoms with van der Waals surface area (Å²) in [5, 5.41) is -0.266. The summed E-state index contributed by atoms with van der Waals surface area (Å²) >= 11 is 6.27. The standard InChI is InChI=1S/C15H21ClF2/c1-10(9-15(2,3)4)7-12(16)11-5-6-13(17)14(18)8-11/h5-6,8,10,12H,7,9H2,1-4H3. The Morgan fingerprint density at radius 3 is 2.28 bits per heavy atom. The first-order chi connectivity index (χ1) is 8.19. The molecule has 1 aromatic carbocycles. The number of benzene rings is 1.